The van der Waals surface area contributed by atoms with Crippen molar-refractivity contribution in [2.75, 3.05) is 12.9 Å². The maximum Gasteiger partial charge on any atom is 0.316 e. The molecule has 0 heterocycles. The summed E-state index contributed by atoms with van der Waals surface area (Å²) in [7, 11) is 1.40. The molecule has 0 amide bonds. The molecule has 0 aliphatic carbocycles. The van der Waals surface area contributed by atoms with Crippen LogP contribution in [-0.4, -0.2) is 18.8 Å². The second kappa shape index (κ2) is 5.75. The molecule has 1 atom stereocenters. The summed E-state index contributed by atoms with van der Waals surface area (Å²) in [5.74, 6) is 0.388. The Labute approximate surface area is 101 Å². The lowest BCUT2D eigenvalue weighted by Gasteiger charge is -2.21. The van der Waals surface area contributed by atoms with Gasteiger partial charge in [-0.2, -0.15) is 0 Å². The Bertz CT molecular complexity index is 361. The first kappa shape index (κ1) is 12.8. The average molecular weight is 236 g/mol. The Morgan fingerprint density at radius 1 is 1.50 bits per heavy atom. The van der Waals surface area contributed by atoms with Gasteiger partial charge in [-0.25, -0.2) is 0 Å². The van der Waals surface area contributed by atoms with Crippen LogP contribution in [0, 0.1) is 5.41 Å². The summed E-state index contributed by atoms with van der Waals surface area (Å²) in [6.45, 7) is 5.54. The Kier molecular flexibility index (Phi) is 4.62. The topological polar surface area (TPSA) is 26.3 Å². The van der Waals surface area contributed by atoms with Crippen LogP contribution in [0.1, 0.15) is 6.92 Å². The predicted molar refractivity (Wildman–Crippen MR) is 67.5 cm³/mol. The molecule has 1 aromatic carbocycles. The van der Waals surface area contributed by atoms with E-state index in [4.69, 9.17) is 4.74 Å². The minimum absolute atomic E-state index is 0.245. The van der Waals surface area contributed by atoms with Crippen LogP contribution in [0.5, 0.6) is 0 Å². The van der Waals surface area contributed by atoms with Crippen molar-refractivity contribution in [3.8, 4) is 0 Å². The van der Waals surface area contributed by atoms with Crippen molar-refractivity contribution in [1.29, 1.82) is 0 Å². The summed E-state index contributed by atoms with van der Waals surface area (Å²) in [4.78, 5) is 12.7. The van der Waals surface area contributed by atoms with Gasteiger partial charge in [-0.1, -0.05) is 24.3 Å². The van der Waals surface area contributed by atoms with Crippen molar-refractivity contribution in [2.24, 2.45) is 5.41 Å². The van der Waals surface area contributed by atoms with Crippen LogP contribution in [0.2, 0.25) is 0 Å². The van der Waals surface area contributed by atoms with Gasteiger partial charge in [-0.05, 0) is 19.1 Å². The molecular formula is C13H16O2S. The number of hydrogen-bond acceptors (Lipinski definition) is 3. The Hall–Kier alpha value is -1.22. The number of carbonyl (C=O) groups is 1. The molecule has 0 bridgehead atoms. The highest BCUT2D eigenvalue weighted by Crippen LogP contribution is 2.29. The van der Waals surface area contributed by atoms with Crippen molar-refractivity contribution >= 4 is 17.7 Å². The van der Waals surface area contributed by atoms with Gasteiger partial charge in [-0.15, -0.1) is 18.3 Å². The number of rotatable bonds is 5. The minimum Gasteiger partial charge on any atom is -0.468 e. The van der Waals surface area contributed by atoms with Crippen molar-refractivity contribution in [1.82, 2.24) is 0 Å². The number of carbonyl (C=O) groups excluding carboxylic acids is 1. The molecular weight excluding hydrogens is 220 g/mol. The summed E-state index contributed by atoms with van der Waals surface area (Å²) < 4.78 is 4.77. The predicted octanol–water partition coefficient (Wildman–Crippen LogP) is 3.14. The second-order valence-electron chi connectivity index (χ2n) is 3.71. The molecule has 16 heavy (non-hydrogen) atoms. The molecule has 3 heteroatoms. The van der Waals surface area contributed by atoms with E-state index in [9.17, 15) is 4.79 Å². The summed E-state index contributed by atoms with van der Waals surface area (Å²) >= 11 is 1.62. The highest BCUT2D eigenvalue weighted by atomic mass is 32.2. The third kappa shape index (κ3) is 3.14. The molecule has 0 saturated carbocycles. The van der Waals surface area contributed by atoms with E-state index in [-0.39, 0.29) is 5.97 Å². The zero-order chi connectivity index (χ0) is 12.0. The molecule has 0 spiro atoms. The third-order valence-corrected chi connectivity index (χ3v) is 3.73. The van der Waals surface area contributed by atoms with Gasteiger partial charge >= 0.3 is 5.97 Å². The summed E-state index contributed by atoms with van der Waals surface area (Å²) in [5, 5.41) is 0. The maximum absolute atomic E-state index is 11.6. The monoisotopic (exact) mass is 236 g/mol. The Balaban J connectivity index is 2.65. The first-order valence-corrected chi connectivity index (χ1v) is 6.01. The lowest BCUT2D eigenvalue weighted by molar-refractivity contribution is -0.147. The SMILES string of the molecule is C=CC(C)(CSc1ccccc1)C(=O)OC. The van der Waals surface area contributed by atoms with Gasteiger partial charge < -0.3 is 4.74 Å². The van der Waals surface area contributed by atoms with Crippen molar-refractivity contribution in [2.45, 2.75) is 11.8 Å². The number of hydrogen-bond donors (Lipinski definition) is 0. The molecule has 0 radical (unpaired) electrons. The molecule has 0 N–H and O–H groups in total. The lowest BCUT2D eigenvalue weighted by atomic mass is 9.94. The van der Waals surface area contributed by atoms with Crippen LogP contribution >= 0.6 is 11.8 Å². The van der Waals surface area contributed by atoms with Crippen LogP contribution in [0.25, 0.3) is 0 Å². The van der Waals surface area contributed by atoms with E-state index in [1.54, 1.807) is 17.8 Å². The number of methoxy groups -OCH3 is 1. The fourth-order valence-electron chi connectivity index (χ4n) is 1.18. The van der Waals surface area contributed by atoms with Gasteiger partial charge in [0.15, 0.2) is 0 Å². The van der Waals surface area contributed by atoms with Crippen LogP contribution in [0.15, 0.2) is 47.9 Å². The molecule has 1 unspecified atom stereocenters. The number of ether oxygens (including phenoxy) is 1. The molecule has 1 rings (SSSR count). The summed E-state index contributed by atoms with van der Waals surface area (Å²) in [5.41, 5.74) is -0.630. The molecule has 86 valence electrons. The number of thioether (sulfide) groups is 1. The fourth-order valence-corrected chi connectivity index (χ4v) is 2.24. The van der Waals surface area contributed by atoms with Crippen LogP contribution in [0.3, 0.4) is 0 Å². The zero-order valence-electron chi connectivity index (χ0n) is 9.60. The smallest absolute Gasteiger partial charge is 0.316 e. The van der Waals surface area contributed by atoms with Gasteiger partial charge in [0.2, 0.25) is 0 Å². The van der Waals surface area contributed by atoms with Crippen LogP contribution in [0.4, 0.5) is 0 Å². The number of esters is 1. The van der Waals surface area contributed by atoms with Crippen LogP contribution < -0.4 is 0 Å². The molecule has 0 saturated heterocycles. The molecule has 0 aliphatic heterocycles. The number of benzene rings is 1. The van der Waals surface area contributed by atoms with E-state index in [0.717, 1.165) is 4.90 Å². The van der Waals surface area contributed by atoms with Gasteiger partial charge in [-0.3, -0.25) is 4.79 Å². The first-order valence-electron chi connectivity index (χ1n) is 5.02. The summed E-state index contributed by atoms with van der Waals surface area (Å²) in [6, 6.07) is 9.96. The van der Waals surface area contributed by atoms with Crippen LogP contribution in [-0.2, 0) is 9.53 Å². The van der Waals surface area contributed by atoms with Gasteiger partial charge in [0.05, 0.1) is 12.5 Å². The van der Waals surface area contributed by atoms with E-state index in [2.05, 4.69) is 6.58 Å². The van der Waals surface area contributed by atoms with E-state index in [1.807, 2.05) is 37.3 Å². The van der Waals surface area contributed by atoms with E-state index < -0.39 is 5.41 Å². The second-order valence-corrected chi connectivity index (χ2v) is 4.76. The first-order chi connectivity index (χ1) is 7.62. The molecule has 1 aromatic rings. The highest BCUT2D eigenvalue weighted by Gasteiger charge is 2.30. The lowest BCUT2D eigenvalue weighted by Crippen LogP contribution is -2.29. The van der Waals surface area contributed by atoms with E-state index in [0.29, 0.717) is 5.75 Å². The van der Waals surface area contributed by atoms with Crippen molar-refractivity contribution < 1.29 is 9.53 Å². The van der Waals surface area contributed by atoms with E-state index in [1.165, 1.54) is 7.11 Å². The molecule has 2 nitrogen and oxygen atoms in total. The van der Waals surface area contributed by atoms with Crippen molar-refractivity contribution in [3.63, 3.8) is 0 Å². The summed E-state index contributed by atoms with van der Waals surface area (Å²) in [6.07, 6.45) is 1.65. The quantitative estimate of drug-likeness (QED) is 0.446. The van der Waals surface area contributed by atoms with E-state index >= 15 is 0 Å². The molecule has 0 fully saturated rings. The van der Waals surface area contributed by atoms with Gasteiger partial charge in [0.25, 0.3) is 0 Å². The molecule has 0 aromatic heterocycles. The highest BCUT2D eigenvalue weighted by molar-refractivity contribution is 7.99. The van der Waals surface area contributed by atoms with Gasteiger partial charge in [0.1, 0.15) is 0 Å². The minimum atomic E-state index is -0.630. The van der Waals surface area contributed by atoms with Crippen molar-refractivity contribution in [3.05, 3.63) is 43.0 Å². The maximum atomic E-state index is 11.6. The standard InChI is InChI=1S/C13H16O2S/c1-4-13(2,12(14)15-3)10-16-11-8-6-5-7-9-11/h4-9H,1,10H2,2-3H3. The normalized spacial score (nSPS) is 13.9. The zero-order valence-corrected chi connectivity index (χ0v) is 10.4. The fraction of sp³-hybridized carbons (Fsp3) is 0.308. The Morgan fingerprint density at radius 3 is 2.62 bits per heavy atom. The Morgan fingerprint density at radius 2 is 2.12 bits per heavy atom. The average Bonchev–Trinajstić information content (AvgIpc) is 2.36. The third-order valence-electron chi connectivity index (χ3n) is 2.38. The van der Waals surface area contributed by atoms with Gasteiger partial charge in [0, 0.05) is 10.6 Å². The largest absolute Gasteiger partial charge is 0.468 e. The molecule has 0 aliphatic rings.